The van der Waals surface area contributed by atoms with Crippen molar-refractivity contribution in [3.05, 3.63) is 66.5 Å². The van der Waals surface area contributed by atoms with Crippen LogP contribution in [0.2, 0.25) is 0 Å². The predicted molar refractivity (Wildman–Crippen MR) is 95.0 cm³/mol. The summed E-state index contributed by atoms with van der Waals surface area (Å²) in [5.41, 5.74) is 15.0. The first-order valence-electron chi connectivity index (χ1n) is 7.63. The van der Waals surface area contributed by atoms with Gasteiger partial charge in [-0.05, 0) is 43.5 Å². The predicted octanol–water partition coefficient (Wildman–Crippen LogP) is 3.85. The first-order valence-corrected chi connectivity index (χ1v) is 7.63. The van der Waals surface area contributed by atoms with Gasteiger partial charge in [-0.15, -0.1) is 0 Å². The van der Waals surface area contributed by atoms with E-state index in [9.17, 15) is 0 Å². The number of allylic oxidation sites excluding steroid dienone is 3. The van der Waals surface area contributed by atoms with Crippen molar-refractivity contribution in [2.45, 2.75) is 26.7 Å². The largest absolute Gasteiger partial charge is 0.405 e. The van der Waals surface area contributed by atoms with E-state index in [0.29, 0.717) is 5.92 Å². The molecule has 2 unspecified atom stereocenters. The summed E-state index contributed by atoms with van der Waals surface area (Å²) in [5, 5.41) is 0. The van der Waals surface area contributed by atoms with Crippen molar-refractivity contribution >= 4 is 11.4 Å². The molecule has 1 aliphatic rings. The van der Waals surface area contributed by atoms with Gasteiger partial charge in [0.15, 0.2) is 0 Å². The van der Waals surface area contributed by atoms with Crippen LogP contribution in [-0.2, 0) is 0 Å². The van der Waals surface area contributed by atoms with Crippen molar-refractivity contribution in [3.63, 3.8) is 0 Å². The third kappa shape index (κ3) is 3.48. The SMILES string of the molecule is C=C(N=C(/C=C(/C)N)C1(C/C=C/N)CC1C)c1ccccc1. The highest BCUT2D eigenvalue weighted by atomic mass is 14.8. The number of rotatable bonds is 6. The van der Waals surface area contributed by atoms with Gasteiger partial charge < -0.3 is 11.5 Å². The lowest BCUT2D eigenvalue weighted by molar-refractivity contribution is 0.645. The van der Waals surface area contributed by atoms with Crippen LogP contribution in [0, 0.1) is 11.3 Å². The molecule has 1 aromatic carbocycles. The van der Waals surface area contributed by atoms with Gasteiger partial charge in [-0.2, -0.15) is 0 Å². The molecule has 1 aliphatic carbocycles. The zero-order valence-electron chi connectivity index (χ0n) is 13.4. The molecular weight excluding hydrogens is 270 g/mol. The topological polar surface area (TPSA) is 64.4 Å². The Balaban J connectivity index is 2.37. The first-order chi connectivity index (χ1) is 10.5. The quantitative estimate of drug-likeness (QED) is 0.783. The van der Waals surface area contributed by atoms with Gasteiger partial charge in [-0.3, -0.25) is 4.99 Å². The van der Waals surface area contributed by atoms with Gasteiger partial charge in [0.1, 0.15) is 0 Å². The molecule has 3 nitrogen and oxygen atoms in total. The Kier molecular flexibility index (Phi) is 4.86. The Hall–Kier alpha value is -2.29. The van der Waals surface area contributed by atoms with Crippen LogP contribution in [0.1, 0.15) is 32.3 Å². The fourth-order valence-electron chi connectivity index (χ4n) is 2.86. The van der Waals surface area contributed by atoms with Crippen molar-refractivity contribution in [2.24, 2.45) is 27.8 Å². The molecule has 3 heteroatoms. The molecule has 116 valence electrons. The van der Waals surface area contributed by atoms with Crippen LogP contribution in [0.5, 0.6) is 0 Å². The number of nitrogens with zero attached hydrogens (tertiary/aromatic N) is 1. The normalized spacial score (nSPS) is 25.5. The smallest absolute Gasteiger partial charge is 0.0633 e. The van der Waals surface area contributed by atoms with Gasteiger partial charge in [0.25, 0.3) is 0 Å². The van der Waals surface area contributed by atoms with E-state index in [1.54, 1.807) is 6.20 Å². The summed E-state index contributed by atoms with van der Waals surface area (Å²) in [6.07, 6.45) is 7.57. The second kappa shape index (κ2) is 6.65. The van der Waals surface area contributed by atoms with Gasteiger partial charge in [0, 0.05) is 16.8 Å². The van der Waals surface area contributed by atoms with Crippen molar-refractivity contribution in [3.8, 4) is 0 Å². The third-order valence-corrected chi connectivity index (χ3v) is 4.31. The lowest BCUT2D eigenvalue weighted by Gasteiger charge is -2.16. The molecule has 2 rings (SSSR count). The molecule has 0 bridgehead atoms. The van der Waals surface area contributed by atoms with E-state index >= 15 is 0 Å². The van der Waals surface area contributed by atoms with Gasteiger partial charge in [-0.1, -0.05) is 49.9 Å². The number of hydrogen-bond donors (Lipinski definition) is 2. The maximum atomic E-state index is 5.91. The van der Waals surface area contributed by atoms with Crippen molar-refractivity contribution in [1.29, 1.82) is 0 Å². The molecule has 0 amide bonds. The maximum Gasteiger partial charge on any atom is 0.0633 e. The molecule has 0 heterocycles. The van der Waals surface area contributed by atoms with Crippen molar-refractivity contribution in [2.75, 3.05) is 0 Å². The molecule has 0 aromatic heterocycles. The Bertz CT molecular complexity index is 621. The fraction of sp³-hybridized carbons (Fsp3) is 0.316. The van der Waals surface area contributed by atoms with E-state index in [4.69, 9.17) is 16.5 Å². The zero-order valence-corrected chi connectivity index (χ0v) is 13.4. The highest BCUT2D eigenvalue weighted by molar-refractivity contribution is 6.05. The van der Waals surface area contributed by atoms with Gasteiger partial charge >= 0.3 is 0 Å². The van der Waals surface area contributed by atoms with Crippen LogP contribution < -0.4 is 11.5 Å². The van der Waals surface area contributed by atoms with Crippen LogP contribution >= 0.6 is 0 Å². The minimum absolute atomic E-state index is 0.0359. The first kappa shape index (κ1) is 16.1. The summed E-state index contributed by atoms with van der Waals surface area (Å²) in [7, 11) is 0. The number of nitrogens with two attached hydrogens (primary N) is 2. The number of benzene rings is 1. The van der Waals surface area contributed by atoms with E-state index in [0.717, 1.165) is 35.5 Å². The van der Waals surface area contributed by atoms with E-state index in [1.165, 1.54) is 0 Å². The van der Waals surface area contributed by atoms with Crippen molar-refractivity contribution < 1.29 is 0 Å². The minimum atomic E-state index is 0.0359. The van der Waals surface area contributed by atoms with Crippen LogP contribution in [0.25, 0.3) is 5.70 Å². The lowest BCUT2D eigenvalue weighted by Crippen LogP contribution is -2.17. The standard InChI is InChI=1S/C19H25N3/c1-14-13-19(14,10-7-11-20)18(12-15(2)21)22-16(3)17-8-5-4-6-9-17/h4-9,11-12,14H,3,10,13,20-21H2,1-2H3/b11-7+,15-12-,22-18?. The van der Waals surface area contributed by atoms with Crippen LogP contribution in [-0.4, -0.2) is 5.71 Å². The molecule has 0 saturated heterocycles. The Morgan fingerprint density at radius 3 is 2.55 bits per heavy atom. The fourth-order valence-corrected chi connectivity index (χ4v) is 2.86. The maximum absolute atomic E-state index is 5.91. The van der Waals surface area contributed by atoms with Crippen LogP contribution in [0.4, 0.5) is 0 Å². The van der Waals surface area contributed by atoms with Gasteiger partial charge in [0.05, 0.1) is 5.70 Å². The minimum Gasteiger partial charge on any atom is -0.405 e. The molecule has 0 aliphatic heterocycles. The molecule has 1 fully saturated rings. The zero-order chi connectivity index (χ0) is 16.2. The molecule has 2 atom stereocenters. The summed E-state index contributed by atoms with van der Waals surface area (Å²) in [4.78, 5) is 4.82. The van der Waals surface area contributed by atoms with E-state index in [-0.39, 0.29) is 5.41 Å². The average molecular weight is 295 g/mol. The Morgan fingerprint density at radius 2 is 2.05 bits per heavy atom. The third-order valence-electron chi connectivity index (χ3n) is 4.31. The Morgan fingerprint density at radius 1 is 1.41 bits per heavy atom. The number of hydrogen-bond acceptors (Lipinski definition) is 3. The lowest BCUT2D eigenvalue weighted by atomic mass is 9.92. The summed E-state index contributed by atoms with van der Waals surface area (Å²) in [6, 6.07) is 10.0. The summed E-state index contributed by atoms with van der Waals surface area (Å²) >= 11 is 0. The van der Waals surface area contributed by atoms with E-state index in [2.05, 4.69) is 13.5 Å². The van der Waals surface area contributed by atoms with E-state index < -0.39 is 0 Å². The molecule has 1 aromatic rings. The van der Waals surface area contributed by atoms with Crippen LogP contribution in [0.3, 0.4) is 0 Å². The molecule has 0 spiro atoms. The van der Waals surface area contributed by atoms with Gasteiger partial charge in [-0.25, -0.2) is 0 Å². The summed E-state index contributed by atoms with van der Waals surface area (Å²) in [6.45, 7) is 8.25. The highest BCUT2D eigenvalue weighted by Crippen LogP contribution is 2.57. The number of aliphatic imine (C=N–C) groups is 1. The van der Waals surface area contributed by atoms with Gasteiger partial charge in [0.2, 0.25) is 0 Å². The Labute approximate surface area is 133 Å². The molecule has 0 radical (unpaired) electrons. The molecular formula is C19H25N3. The van der Waals surface area contributed by atoms with Crippen molar-refractivity contribution in [1.82, 2.24) is 0 Å². The summed E-state index contributed by atoms with van der Waals surface area (Å²) in [5.74, 6) is 0.571. The second-order valence-electron chi connectivity index (χ2n) is 6.09. The average Bonchev–Trinajstić information content (AvgIpc) is 3.16. The monoisotopic (exact) mass is 295 g/mol. The molecule has 22 heavy (non-hydrogen) atoms. The van der Waals surface area contributed by atoms with E-state index in [1.807, 2.05) is 49.4 Å². The van der Waals surface area contributed by atoms with Crippen LogP contribution in [0.15, 0.2) is 66.0 Å². The highest BCUT2D eigenvalue weighted by Gasteiger charge is 2.53. The molecule has 4 N–H and O–H groups in total. The molecule has 1 saturated carbocycles. The summed E-state index contributed by atoms with van der Waals surface area (Å²) < 4.78 is 0. The second-order valence-corrected chi connectivity index (χ2v) is 6.09.